The summed E-state index contributed by atoms with van der Waals surface area (Å²) in [6.45, 7) is 1.69. The second-order valence-electron chi connectivity index (χ2n) is 6.01. The number of ketones is 1. The highest BCUT2D eigenvalue weighted by atomic mass is 16.6. The quantitative estimate of drug-likeness (QED) is 0.293. The number of phenols is 1. The minimum atomic E-state index is -1.14. The predicted molar refractivity (Wildman–Crippen MR) is 103 cm³/mol. The van der Waals surface area contributed by atoms with Crippen molar-refractivity contribution in [2.75, 3.05) is 20.8 Å². The molecule has 0 aliphatic heterocycles. The first-order valence-corrected chi connectivity index (χ1v) is 8.71. The standard InChI is InChI=1S/C20H21NO8/c1-4-29-20(24)15(14-10-18(27-2)19(28-3)11-17(14)23)9-16(22)12-6-5-7-13(8-12)21(25)26/h5-8,10-11,15,23H,4,9H2,1-3H3/t15-/m1/s1. The van der Waals surface area contributed by atoms with Gasteiger partial charge in [0.05, 0.1) is 31.7 Å². The average Bonchev–Trinajstić information content (AvgIpc) is 2.72. The zero-order chi connectivity index (χ0) is 21.6. The Morgan fingerprint density at radius 1 is 1.14 bits per heavy atom. The number of Topliss-reactive ketones (excluding diaryl/α,β-unsaturated/α-hetero) is 1. The molecule has 0 aromatic heterocycles. The van der Waals surface area contributed by atoms with Crippen molar-refractivity contribution in [2.45, 2.75) is 19.3 Å². The lowest BCUT2D eigenvalue weighted by molar-refractivity contribution is -0.384. The molecule has 0 amide bonds. The Hall–Kier alpha value is -3.62. The Morgan fingerprint density at radius 3 is 2.38 bits per heavy atom. The highest BCUT2D eigenvalue weighted by Crippen LogP contribution is 2.39. The zero-order valence-corrected chi connectivity index (χ0v) is 16.2. The highest BCUT2D eigenvalue weighted by molar-refractivity contribution is 6.00. The van der Waals surface area contributed by atoms with E-state index >= 15 is 0 Å². The lowest BCUT2D eigenvalue weighted by Crippen LogP contribution is -2.20. The molecule has 0 radical (unpaired) electrons. The smallest absolute Gasteiger partial charge is 0.314 e. The van der Waals surface area contributed by atoms with Crippen molar-refractivity contribution in [3.05, 3.63) is 57.6 Å². The Balaban J connectivity index is 2.44. The van der Waals surface area contributed by atoms with E-state index in [2.05, 4.69) is 0 Å². The second-order valence-corrected chi connectivity index (χ2v) is 6.01. The lowest BCUT2D eigenvalue weighted by atomic mass is 9.90. The molecule has 2 aromatic carbocycles. The maximum Gasteiger partial charge on any atom is 0.314 e. The molecule has 0 aliphatic rings. The number of esters is 1. The van der Waals surface area contributed by atoms with Gasteiger partial charge in [0.2, 0.25) is 0 Å². The number of nitrogens with zero attached hydrogens (tertiary/aromatic N) is 1. The maximum absolute atomic E-state index is 12.7. The summed E-state index contributed by atoms with van der Waals surface area (Å²) in [4.78, 5) is 35.6. The third-order valence-corrected chi connectivity index (χ3v) is 4.25. The van der Waals surface area contributed by atoms with Crippen LogP contribution in [-0.4, -0.2) is 42.6 Å². The normalized spacial score (nSPS) is 11.4. The van der Waals surface area contributed by atoms with Crippen LogP contribution in [0.1, 0.15) is 35.2 Å². The molecule has 9 heteroatoms. The summed E-state index contributed by atoms with van der Waals surface area (Å²) in [7, 11) is 2.79. The molecule has 0 unspecified atom stereocenters. The molecule has 0 aliphatic carbocycles. The first-order chi connectivity index (χ1) is 13.8. The summed E-state index contributed by atoms with van der Waals surface area (Å²) in [5.74, 6) is -2.12. The van der Waals surface area contributed by atoms with Crippen molar-refractivity contribution in [1.29, 1.82) is 0 Å². The van der Waals surface area contributed by atoms with Crippen molar-refractivity contribution < 1.29 is 33.8 Å². The Bertz CT molecular complexity index is 925. The van der Waals surface area contributed by atoms with Gasteiger partial charge in [0.25, 0.3) is 5.69 Å². The summed E-state index contributed by atoms with van der Waals surface area (Å²) >= 11 is 0. The topological polar surface area (TPSA) is 125 Å². The molecule has 0 saturated carbocycles. The monoisotopic (exact) mass is 403 g/mol. The molecule has 0 saturated heterocycles. The van der Waals surface area contributed by atoms with E-state index in [1.165, 1.54) is 44.6 Å². The largest absolute Gasteiger partial charge is 0.507 e. The molecule has 0 bridgehead atoms. The van der Waals surface area contributed by atoms with Gasteiger partial charge in [0.1, 0.15) is 5.75 Å². The number of methoxy groups -OCH3 is 2. The third kappa shape index (κ3) is 5.01. The SMILES string of the molecule is CCOC(=O)[C@H](CC(=O)c1cccc([N+](=O)[O-])c1)c1cc(OC)c(OC)cc1O. The molecule has 1 atom stereocenters. The van der Waals surface area contributed by atoms with Gasteiger partial charge in [-0.15, -0.1) is 0 Å². The maximum atomic E-state index is 12.7. The number of rotatable bonds is 9. The van der Waals surface area contributed by atoms with Crippen molar-refractivity contribution in [1.82, 2.24) is 0 Å². The Morgan fingerprint density at radius 2 is 1.79 bits per heavy atom. The predicted octanol–water partition coefficient (Wildman–Crippen LogP) is 3.24. The van der Waals surface area contributed by atoms with Crippen molar-refractivity contribution in [2.24, 2.45) is 0 Å². The molecule has 154 valence electrons. The van der Waals surface area contributed by atoms with Gasteiger partial charge in [0.15, 0.2) is 17.3 Å². The van der Waals surface area contributed by atoms with Crippen LogP contribution in [0.4, 0.5) is 5.69 Å². The van der Waals surface area contributed by atoms with Gasteiger partial charge in [-0.05, 0) is 13.0 Å². The van der Waals surface area contributed by atoms with Crippen molar-refractivity contribution >= 4 is 17.4 Å². The van der Waals surface area contributed by atoms with Crippen LogP contribution in [0.5, 0.6) is 17.2 Å². The number of aromatic hydroxyl groups is 1. The van der Waals surface area contributed by atoms with Gasteiger partial charge in [-0.1, -0.05) is 12.1 Å². The minimum Gasteiger partial charge on any atom is -0.507 e. The summed E-state index contributed by atoms with van der Waals surface area (Å²) in [6.07, 6.45) is -0.358. The molecule has 9 nitrogen and oxygen atoms in total. The number of hydrogen-bond acceptors (Lipinski definition) is 8. The third-order valence-electron chi connectivity index (χ3n) is 4.25. The van der Waals surface area contributed by atoms with Crippen LogP contribution >= 0.6 is 0 Å². The fourth-order valence-corrected chi connectivity index (χ4v) is 2.82. The van der Waals surface area contributed by atoms with E-state index < -0.39 is 22.6 Å². The van der Waals surface area contributed by atoms with E-state index in [-0.39, 0.29) is 47.1 Å². The summed E-state index contributed by atoms with van der Waals surface area (Å²) in [5.41, 5.74) is -0.0363. The van der Waals surface area contributed by atoms with Crippen LogP contribution < -0.4 is 9.47 Å². The van der Waals surface area contributed by atoms with E-state index in [1.54, 1.807) is 6.92 Å². The summed E-state index contributed by atoms with van der Waals surface area (Å²) in [5, 5.41) is 21.3. The molecule has 0 heterocycles. The number of nitro groups is 1. The van der Waals surface area contributed by atoms with Crippen molar-refractivity contribution in [3.63, 3.8) is 0 Å². The number of nitro benzene ring substituents is 1. The molecule has 2 rings (SSSR count). The minimum absolute atomic E-state index is 0.0773. The highest BCUT2D eigenvalue weighted by Gasteiger charge is 2.30. The van der Waals surface area contributed by atoms with Gasteiger partial charge in [-0.2, -0.15) is 0 Å². The molecule has 0 spiro atoms. The van der Waals surface area contributed by atoms with Gasteiger partial charge in [-0.25, -0.2) is 0 Å². The van der Waals surface area contributed by atoms with Gasteiger partial charge >= 0.3 is 5.97 Å². The number of hydrogen-bond donors (Lipinski definition) is 1. The Labute approximate surface area is 167 Å². The van der Waals surface area contributed by atoms with Gasteiger partial charge in [0, 0.05) is 35.7 Å². The molecular weight excluding hydrogens is 382 g/mol. The van der Waals surface area contributed by atoms with Gasteiger partial charge < -0.3 is 19.3 Å². The average molecular weight is 403 g/mol. The van der Waals surface area contributed by atoms with E-state index in [0.29, 0.717) is 0 Å². The van der Waals surface area contributed by atoms with Gasteiger partial charge in [-0.3, -0.25) is 19.7 Å². The number of carbonyl (C=O) groups is 2. The fraction of sp³-hybridized carbons (Fsp3) is 0.300. The van der Waals surface area contributed by atoms with E-state index in [1.807, 2.05) is 0 Å². The van der Waals surface area contributed by atoms with E-state index in [4.69, 9.17) is 14.2 Å². The second kappa shape index (κ2) is 9.54. The Kier molecular flexibility index (Phi) is 7.13. The summed E-state index contributed by atoms with van der Waals surface area (Å²) < 4.78 is 15.4. The van der Waals surface area contributed by atoms with Crippen LogP contribution in [0.3, 0.4) is 0 Å². The van der Waals surface area contributed by atoms with Crippen LogP contribution in [0, 0.1) is 10.1 Å². The van der Waals surface area contributed by atoms with Crippen molar-refractivity contribution in [3.8, 4) is 17.2 Å². The zero-order valence-electron chi connectivity index (χ0n) is 16.2. The number of carbonyl (C=O) groups excluding carboxylic acids is 2. The number of phenolic OH excluding ortho intramolecular Hbond substituents is 1. The van der Waals surface area contributed by atoms with Crippen LogP contribution in [0.15, 0.2) is 36.4 Å². The van der Waals surface area contributed by atoms with Crippen LogP contribution in [-0.2, 0) is 9.53 Å². The van der Waals surface area contributed by atoms with E-state index in [0.717, 1.165) is 6.07 Å². The molecule has 2 aromatic rings. The van der Waals surface area contributed by atoms with Crippen LogP contribution in [0.25, 0.3) is 0 Å². The van der Waals surface area contributed by atoms with Crippen LogP contribution in [0.2, 0.25) is 0 Å². The number of ether oxygens (including phenoxy) is 3. The number of benzene rings is 2. The first kappa shape index (κ1) is 21.7. The van der Waals surface area contributed by atoms with E-state index in [9.17, 15) is 24.8 Å². The fourth-order valence-electron chi connectivity index (χ4n) is 2.82. The summed E-state index contributed by atoms with van der Waals surface area (Å²) in [6, 6.07) is 7.89. The lowest BCUT2D eigenvalue weighted by Gasteiger charge is -2.19. The first-order valence-electron chi connectivity index (χ1n) is 8.71. The molecule has 1 N–H and O–H groups in total. The molecule has 29 heavy (non-hydrogen) atoms. The molecular formula is C20H21NO8. The molecule has 0 fully saturated rings. The number of non-ortho nitro benzene ring substituents is 1.